The van der Waals surface area contributed by atoms with Gasteiger partial charge in [-0.05, 0) is 13.0 Å². The molecule has 0 unspecified atom stereocenters. The molecule has 0 radical (unpaired) electrons. The van der Waals surface area contributed by atoms with Crippen molar-refractivity contribution in [2.75, 3.05) is 11.5 Å². The fourth-order valence-electron chi connectivity index (χ4n) is 2.23. The molecule has 9 heteroatoms. The first kappa shape index (κ1) is 16.2. The van der Waals surface area contributed by atoms with Crippen LogP contribution >= 0.6 is 11.6 Å². The first-order valence-corrected chi connectivity index (χ1v) is 7.65. The van der Waals surface area contributed by atoms with E-state index in [1.54, 1.807) is 23.3 Å². The number of anilines is 2. The summed E-state index contributed by atoms with van der Waals surface area (Å²) in [7, 11) is 0. The first-order valence-electron chi connectivity index (χ1n) is 7.27. The van der Waals surface area contributed by atoms with Crippen LogP contribution < -0.4 is 16.8 Å². The van der Waals surface area contributed by atoms with Crippen molar-refractivity contribution >= 4 is 23.4 Å². The van der Waals surface area contributed by atoms with E-state index in [-0.39, 0.29) is 5.95 Å². The highest BCUT2D eigenvalue weighted by Crippen LogP contribution is 2.16. The van der Waals surface area contributed by atoms with Crippen LogP contribution in [0.15, 0.2) is 30.7 Å². The maximum Gasteiger partial charge on any atom is 0.221 e. The third-order valence-electron chi connectivity index (χ3n) is 3.41. The van der Waals surface area contributed by atoms with E-state index in [1.165, 1.54) is 0 Å². The monoisotopic (exact) mass is 344 g/mol. The number of rotatable bonds is 5. The Morgan fingerprint density at radius 1 is 1.12 bits per heavy atom. The fourth-order valence-corrected chi connectivity index (χ4v) is 2.36. The lowest BCUT2D eigenvalue weighted by Crippen LogP contribution is -2.17. The molecule has 0 spiro atoms. The van der Waals surface area contributed by atoms with E-state index >= 15 is 0 Å². The lowest BCUT2D eigenvalue weighted by atomic mass is 10.2. The number of hydrogen-bond acceptors (Lipinski definition) is 7. The van der Waals surface area contributed by atoms with Gasteiger partial charge < -0.3 is 16.8 Å². The molecule has 0 aliphatic carbocycles. The second-order valence-corrected chi connectivity index (χ2v) is 5.72. The summed E-state index contributed by atoms with van der Waals surface area (Å²) in [6.45, 7) is 3.02. The van der Waals surface area contributed by atoms with E-state index in [0.717, 1.165) is 22.6 Å². The van der Waals surface area contributed by atoms with Crippen molar-refractivity contribution in [3.63, 3.8) is 0 Å². The molecule has 8 nitrogen and oxygen atoms in total. The van der Waals surface area contributed by atoms with E-state index < -0.39 is 0 Å². The molecule has 3 rings (SSSR count). The Morgan fingerprint density at radius 2 is 1.92 bits per heavy atom. The molecule has 0 bridgehead atoms. The number of nitrogens with zero attached hydrogens (tertiary/aromatic N) is 5. The van der Waals surface area contributed by atoms with Crippen LogP contribution in [0.1, 0.15) is 16.8 Å². The molecule has 0 saturated heterocycles. The van der Waals surface area contributed by atoms with Crippen LogP contribution in [0.2, 0.25) is 5.02 Å². The van der Waals surface area contributed by atoms with Gasteiger partial charge in [-0.15, -0.1) is 0 Å². The highest BCUT2D eigenvalue weighted by atomic mass is 35.5. The minimum absolute atomic E-state index is 0.164. The van der Waals surface area contributed by atoms with Gasteiger partial charge in [0, 0.05) is 36.1 Å². The summed E-state index contributed by atoms with van der Waals surface area (Å²) >= 11 is 5.95. The Bertz CT molecular complexity index is 860. The highest BCUT2D eigenvalue weighted by Gasteiger charge is 2.09. The quantitative estimate of drug-likeness (QED) is 0.640. The number of halogens is 1. The molecule has 0 aliphatic rings. The fraction of sp³-hybridized carbons (Fsp3) is 0.200. The maximum atomic E-state index is 5.95. The van der Waals surface area contributed by atoms with Crippen LogP contribution in [0.5, 0.6) is 0 Å². The predicted molar refractivity (Wildman–Crippen MR) is 92.5 cm³/mol. The number of pyridine rings is 1. The topological polar surface area (TPSA) is 121 Å². The molecule has 124 valence electrons. The Hall–Kier alpha value is -2.71. The summed E-state index contributed by atoms with van der Waals surface area (Å²) in [5.74, 6) is 1.27. The third kappa shape index (κ3) is 3.61. The Labute approximate surface area is 143 Å². The molecule has 0 fully saturated rings. The first-order chi connectivity index (χ1) is 11.5. The van der Waals surface area contributed by atoms with Crippen LogP contribution in [0.3, 0.4) is 0 Å². The maximum absolute atomic E-state index is 5.95. The average molecular weight is 345 g/mol. The molecular weight excluding hydrogens is 328 g/mol. The molecule has 0 atom stereocenters. The second-order valence-electron chi connectivity index (χ2n) is 5.28. The number of hydrogen-bond donors (Lipinski definition) is 3. The highest BCUT2D eigenvalue weighted by molar-refractivity contribution is 6.30. The summed E-state index contributed by atoms with van der Waals surface area (Å²) in [5.41, 5.74) is 14.0. The number of aryl methyl sites for hydroxylation is 1. The number of nitrogen functional groups attached to an aromatic ring is 2. The molecule has 0 saturated carbocycles. The zero-order chi connectivity index (χ0) is 17.1. The molecular formula is C15H17ClN8. The molecule has 24 heavy (non-hydrogen) atoms. The zero-order valence-electron chi connectivity index (χ0n) is 13.1. The Morgan fingerprint density at radius 3 is 2.62 bits per heavy atom. The van der Waals surface area contributed by atoms with Gasteiger partial charge in [-0.25, -0.2) is 14.6 Å². The Kier molecular flexibility index (Phi) is 4.59. The largest absolute Gasteiger partial charge is 0.383 e. The zero-order valence-corrected chi connectivity index (χ0v) is 13.8. The van der Waals surface area contributed by atoms with Crippen molar-refractivity contribution in [3.05, 3.63) is 52.6 Å². The lowest BCUT2D eigenvalue weighted by molar-refractivity contribution is 0.678. The minimum Gasteiger partial charge on any atom is -0.383 e. The second kappa shape index (κ2) is 6.81. The summed E-state index contributed by atoms with van der Waals surface area (Å²) < 4.78 is 1.66. The molecule has 0 amide bonds. The van der Waals surface area contributed by atoms with Crippen molar-refractivity contribution in [3.8, 4) is 5.82 Å². The van der Waals surface area contributed by atoms with E-state index in [9.17, 15) is 0 Å². The van der Waals surface area contributed by atoms with E-state index in [4.69, 9.17) is 23.1 Å². The van der Waals surface area contributed by atoms with Gasteiger partial charge in [-0.2, -0.15) is 10.1 Å². The van der Waals surface area contributed by atoms with Crippen LogP contribution in [0.4, 0.5) is 11.8 Å². The number of aromatic nitrogens is 5. The summed E-state index contributed by atoms with van der Waals surface area (Å²) in [6.07, 6.45) is 4.92. The van der Waals surface area contributed by atoms with Gasteiger partial charge in [-0.1, -0.05) is 17.7 Å². The van der Waals surface area contributed by atoms with Gasteiger partial charge in [0.15, 0.2) is 5.82 Å². The van der Waals surface area contributed by atoms with Crippen LogP contribution in [-0.2, 0) is 13.1 Å². The van der Waals surface area contributed by atoms with Crippen molar-refractivity contribution in [1.29, 1.82) is 0 Å². The lowest BCUT2D eigenvalue weighted by Gasteiger charge is -2.11. The van der Waals surface area contributed by atoms with Gasteiger partial charge in [0.25, 0.3) is 0 Å². The molecule has 3 aromatic heterocycles. The summed E-state index contributed by atoms with van der Waals surface area (Å²) in [6, 6.07) is 3.95. The number of nitrogens with one attached hydrogen (secondary N) is 1. The van der Waals surface area contributed by atoms with Crippen LogP contribution in [-0.4, -0.2) is 24.7 Å². The smallest absolute Gasteiger partial charge is 0.221 e. The van der Waals surface area contributed by atoms with Gasteiger partial charge in [0.1, 0.15) is 5.82 Å². The standard InChI is InChI=1S/C15H17ClN8/c1-9-2-3-10(14(22-9)24-8-12(16)7-21-24)4-19-5-11-6-20-15(18)23-13(11)17/h2-3,6-8,19H,4-5H2,1H3,(H4,17,18,20,23). The van der Waals surface area contributed by atoms with Gasteiger partial charge in [0.2, 0.25) is 5.95 Å². The van der Waals surface area contributed by atoms with Gasteiger partial charge >= 0.3 is 0 Å². The van der Waals surface area contributed by atoms with Crippen LogP contribution in [0, 0.1) is 6.92 Å². The average Bonchev–Trinajstić information content (AvgIpc) is 2.97. The normalized spacial score (nSPS) is 10.9. The van der Waals surface area contributed by atoms with Crippen molar-refractivity contribution < 1.29 is 0 Å². The molecule has 0 aliphatic heterocycles. The van der Waals surface area contributed by atoms with Gasteiger partial charge in [-0.3, -0.25) is 0 Å². The predicted octanol–water partition coefficient (Wildman–Crippen LogP) is 1.47. The van der Waals surface area contributed by atoms with E-state index in [1.807, 2.05) is 19.1 Å². The van der Waals surface area contributed by atoms with Crippen molar-refractivity contribution in [2.24, 2.45) is 0 Å². The van der Waals surface area contributed by atoms with E-state index in [2.05, 4.69) is 25.4 Å². The summed E-state index contributed by atoms with van der Waals surface area (Å²) in [5, 5.41) is 8.08. The third-order valence-corrected chi connectivity index (χ3v) is 3.61. The van der Waals surface area contributed by atoms with Gasteiger partial charge in [0.05, 0.1) is 17.4 Å². The molecule has 0 aromatic carbocycles. The number of nitrogens with two attached hydrogens (primary N) is 2. The minimum atomic E-state index is 0.164. The van der Waals surface area contributed by atoms with Crippen molar-refractivity contribution in [1.82, 2.24) is 30.0 Å². The SMILES string of the molecule is Cc1ccc(CNCc2cnc(N)nc2N)c(-n2cc(Cl)cn2)n1. The summed E-state index contributed by atoms with van der Waals surface area (Å²) in [4.78, 5) is 12.4. The van der Waals surface area contributed by atoms with E-state index in [0.29, 0.717) is 23.9 Å². The molecule has 3 heterocycles. The van der Waals surface area contributed by atoms with Crippen LogP contribution in [0.25, 0.3) is 5.82 Å². The van der Waals surface area contributed by atoms with Crippen molar-refractivity contribution in [2.45, 2.75) is 20.0 Å². The molecule has 3 aromatic rings. The molecule has 5 N–H and O–H groups in total. The Balaban J connectivity index is 1.75.